The van der Waals surface area contributed by atoms with Gasteiger partial charge in [-0.2, -0.15) is 0 Å². The standard InChI is InChI=1S/C2H2O7.Li.H/c3-1(4)7-9-8-2(5)6;;/h(H,3,4)(H,5,6);;/q;+1;-1. The van der Waals surface area contributed by atoms with Crippen molar-refractivity contribution in [1.82, 2.24) is 0 Å². The van der Waals surface area contributed by atoms with Crippen LogP contribution in [0.4, 0.5) is 9.59 Å². The molecule has 2 N–H and O–H groups in total. The molecule has 0 aliphatic heterocycles. The van der Waals surface area contributed by atoms with Gasteiger partial charge in [0.2, 0.25) is 0 Å². The van der Waals surface area contributed by atoms with E-state index in [2.05, 4.69) is 14.8 Å². The van der Waals surface area contributed by atoms with Crippen LogP contribution in [-0.4, -0.2) is 22.5 Å². The van der Waals surface area contributed by atoms with E-state index in [1.54, 1.807) is 0 Å². The average Bonchev–Trinajstić information content (AvgIpc) is 1.63. The van der Waals surface area contributed by atoms with E-state index in [0.717, 1.165) is 0 Å². The van der Waals surface area contributed by atoms with Gasteiger partial charge in [0.05, 0.1) is 5.04 Å². The number of hydrogen-bond donors (Lipinski definition) is 2. The molecule has 0 aromatic carbocycles. The Morgan fingerprint density at radius 3 is 1.60 bits per heavy atom. The van der Waals surface area contributed by atoms with Crippen molar-refractivity contribution in [3.63, 3.8) is 0 Å². The van der Waals surface area contributed by atoms with E-state index in [-0.39, 0.29) is 20.3 Å². The van der Waals surface area contributed by atoms with Crippen LogP contribution in [0.5, 0.6) is 0 Å². The van der Waals surface area contributed by atoms with E-state index in [4.69, 9.17) is 10.2 Å². The van der Waals surface area contributed by atoms with Crippen molar-refractivity contribution in [3.05, 3.63) is 0 Å². The molecule has 7 nitrogen and oxygen atoms in total. The molecule has 10 heavy (non-hydrogen) atoms. The molecule has 0 aromatic rings. The number of carbonyl (C=O) groups is 2. The third kappa shape index (κ3) is 10.2. The van der Waals surface area contributed by atoms with Crippen molar-refractivity contribution in [2.75, 3.05) is 0 Å². The largest absolute Gasteiger partial charge is 1.00 e. The minimum Gasteiger partial charge on any atom is -1.00 e. The number of carboxylic acid groups (broad SMARTS) is 2. The zero-order chi connectivity index (χ0) is 7.28. The van der Waals surface area contributed by atoms with Gasteiger partial charge in [-0.25, -0.2) is 19.4 Å². The van der Waals surface area contributed by atoms with Gasteiger partial charge in [-0.1, -0.05) is 0 Å². The van der Waals surface area contributed by atoms with Crippen LogP contribution >= 0.6 is 0 Å². The molecule has 0 radical (unpaired) electrons. The summed E-state index contributed by atoms with van der Waals surface area (Å²) in [5.74, 6) is 0. The molecule has 0 saturated heterocycles. The third-order valence-electron chi connectivity index (χ3n) is 0.211. The second-order valence-electron chi connectivity index (χ2n) is 0.767. The van der Waals surface area contributed by atoms with Gasteiger partial charge in [-0.15, -0.1) is 0 Å². The van der Waals surface area contributed by atoms with E-state index in [0.29, 0.717) is 0 Å². The summed E-state index contributed by atoms with van der Waals surface area (Å²) in [5, 5.41) is 18.4. The maximum Gasteiger partial charge on any atom is 1.00 e. The molecule has 0 aliphatic rings. The molecule has 0 unspecified atom stereocenters. The van der Waals surface area contributed by atoms with Crippen LogP contribution < -0.4 is 18.9 Å². The Bertz CT molecular complexity index is 112. The van der Waals surface area contributed by atoms with Gasteiger partial charge in [-0.3, -0.25) is 0 Å². The van der Waals surface area contributed by atoms with Crippen molar-refractivity contribution < 1.29 is 54.9 Å². The summed E-state index contributed by atoms with van der Waals surface area (Å²) in [4.78, 5) is 25.1. The Morgan fingerprint density at radius 1 is 1.10 bits per heavy atom. The van der Waals surface area contributed by atoms with E-state index in [1.165, 1.54) is 0 Å². The van der Waals surface area contributed by atoms with Crippen molar-refractivity contribution in [2.24, 2.45) is 0 Å². The normalized spacial score (nSPS) is 7.20. The first kappa shape index (κ1) is 11.8. The summed E-state index contributed by atoms with van der Waals surface area (Å²) >= 11 is 0. The molecule has 8 heteroatoms. The van der Waals surface area contributed by atoms with Crippen molar-refractivity contribution >= 4 is 12.3 Å². The molecule has 0 fully saturated rings. The average molecular weight is 146 g/mol. The first-order chi connectivity index (χ1) is 4.13. The SMILES string of the molecule is O=C(O)OOOC(=O)O.[H-].[Li+]. The Labute approximate surface area is 68.0 Å². The van der Waals surface area contributed by atoms with Gasteiger partial charge in [0.15, 0.2) is 0 Å². The van der Waals surface area contributed by atoms with Gasteiger partial charge in [0.25, 0.3) is 0 Å². The molecule has 0 aromatic heterocycles. The predicted molar refractivity (Wildman–Crippen MR) is 20.4 cm³/mol. The van der Waals surface area contributed by atoms with Crippen LogP contribution in [-0.2, 0) is 14.8 Å². The first-order valence-electron chi connectivity index (χ1n) is 1.60. The van der Waals surface area contributed by atoms with Crippen LogP contribution in [0.15, 0.2) is 0 Å². The van der Waals surface area contributed by atoms with Crippen LogP contribution in [0.3, 0.4) is 0 Å². The molecule has 54 valence electrons. The van der Waals surface area contributed by atoms with Gasteiger partial charge in [0, 0.05) is 0 Å². The number of hydrogen-bond acceptors (Lipinski definition) is 5. The quantitative estimate of drug-likeness (QED) is 0.249. The zero-order valence-electron chi connectivity index (χ0n) is 5.94. The van der Waals surface area contributed by atoms with Crippen LogP contribution in [0.25, 0.3) is 0 Å². The Balaban J connectivity index is -0.000000320. The monoisotopic (exact) mass is 146 g/mol. The van der Waals surface area contributed by atoms with Gasteiger partial charge in [0.1, 0.15) is 0 Å². The minimum atomic E-state index is -1.80. The molecule has 0 heterocycles. The predicted octanol–water partition coefficient (Wildman–Crippen LogP) is -2.66. The Kier molecular flexibility index (Phi) is 7.37. The van der Waals surface area contributed by atoms with E-state index < -0.39 is 12.3 Å². The maximum atomic E-state index is 9.36. The molecule has 0 saturated carbocycles. The molecular formula is C2H3LiO7. The molecule has 0 amide bonds. The van der Waals surface area contributed by atoms with Crippen LogP contribution in [0.2, 0.25) is 0 Å². The second-order valence-corrected chi connectivity index (χ2v) is 0.767. The van der Waals surface area contributed by atoms with E-state index in [9.17, 15) is 9.59 Å². The van der Waals surface area contributed by atoms with Crippen molar-refractivity contribution in [2.45, 2.75) is 0 Å². The fourth-order valence-corrected chi connectivity index (χ4v) is 0.0752. The van der Waals surface area contributed by atoms with E-state index in [1.807, 2.05) is 0 Å². The van der Waals surface area contributed by atoms with Crippen LogP contribution in [0, 0.1) is 0 Å². The fraction of sp³-hybridized carbons (Fsp3) is 0. The molecule has 0 spiro atoms. The van der Waals surface area contributed by atoms with Crippen molar-refractivity contribution in [3.8, 4) is 0 Å². The van der Waals surface area contributed by atoms with Crippen molar-refractivity contribution in [1.29, 1.82) is 0 Å². The van der Waals surface area contributed by atoms with Gasteiger partial charge >= 0.3 is 31.2 Å². The summed E-state index contributed by atoms with van der Waals surface area (Å²) in [6, 6.07) is 0. The van der Waals surface area contributed by atoms with E-state index >= 15 is 0 Å². The second kappa shape index (κ2) is 6.22. The first-order valence-corrected chi connectivity index (χ1v) is 1.60. The van der Waals surface area contributed by atoms with Crippen LogP contribution in [0.1, 0.15) is 1.43 Å². The topological polar surface area (TPSA) is 102 Å². The fourth-order valence-electron chi connectivity index (χ4n) is 0.0752. The summed E-state index contributed by atoms with van der Waals surface area (Å²) in [7, 11) is 0. The minimum absolute atomic E-state index is 0. The Hall–Kier alpha value is -0.903. The molecule has 0 bridgehead atoms. The van der Waals surface area contributed by atoms with Gasteiger partial charge in [-0.05, 0) is 0 Å². The molecule has 0 atom stereocenters. The summed E-state index contributed by atoms with van der Waals surface area (Å²) < 4.78 is 0. The zero-order valence-corrected chi connectivity index (χ0v) is 4.94. The molecule has 0 rings (SSSR count). The number of rotatable bonds is 2. The third-order valence-corrected chi connectivity index (χ3v) is 0.211. The smallest absolute Gasteiger partial charge is 1.00 e. The summed E-state index contributed by atoms with van der Waals surface area (Å²) in [5.41, 5.74) is 0. The maximum absolute atomic E-state index is 9.36. The molecular weight excluding hydrogens is 143 g/mol. The molecule has 0 aliphatic carbocycles. The summed E-state index contributed by atoms with van der Waals surface area (Å²) in [6.07, 6.45) is -3.59. The van der Waals surface area contributed by atoms with Gasteiger partial charge < -0.3 is 11.6 Å². The Morgan fingerprint density at radius 2 is 1.40 bits per heavy atom. The summed E-state index contributed by atoms with van der Waals surface area (Å²) in [6.45, 7) is 0.